The van der Waals surface area contributed by atoms with E-state index in [4.69, 9.17) is 0 Å². The van der Waals surface area contributed by atoms with Gasteiger partial charge in [-0.2, -0.15) is 5.10 Å². The van der Waals surface area contributed by atoms with Crippen molar-refractivity contribution in [3.05, 3.63) is 71.3 Å². The summed E-state index contributed by atoms with van der Waals surface area (Å²) in [4.78, 5) is 16.6. The van der Waals surface area contributed by atoms with Crippen LogP contribution in [0.15, 0.2) is 54.6 Å². The van der Waals surface area contributed by atoms with Crippen molar-refractivity contribution in [3.63, 3.8) is 0 Å². The second kappa shape index (κ2) is 6.68. The molecule has 0 aliphatic rings. The number of nitrogens with one attached hydrogen (secondary N) is 1. The van der Waals surface area contributed by atoms with E-state index >= 15 is 0 Å². The molecule has 0 bridgehead atoms. The minimum absolute atomic E-state index is 0.194. The smallest absolute Gasteiger partial charge is 0.336 e. The average Bonchev–Trinajstić information content (AvgIpc) is 3.11. The maximum Gasteiger partial charge on any atom is 0.336 e. The number of aromatic carboxylic acids is 1. The summed E-state index contributed by atoms with van der Waals surface area (Å²) < 4.78 is 0. The first-order chi connectivity index (χ1) is 13.1. The lowest BCUT2D eigenvalue weighted by atomic mass is 10.0. The molecular weight excluding hydrogens is 338 g/mol. The third kappa shape index (κ3) is 3.08. The van der Waals surface area contributed by atoms with Crippen molar-refractivity contribution in [2.24, 2.45) is 0 Å². The van der Waals surface area contributed by atoms with E-state index in [1.807, 2.05) is 55.5 Å². The van der Waals surface area contributed by atoms with Crippen molar-refractivity contribution in [3.8, 4) is 22.5 Å². The molecule has 5 heteroatoms. The van der Waals surface area contributed by atoms with Gasteiger partial charge in [-0.3, -0.25) is 5.10 Å². The fraction of sp³-hybridized carbons (Fsp3) is 0.136. The van der Waals surface area contributed by atoms with Crippen LogP contribution in [-0.2, 0) is 6.42 Å². The maximum atomic E-state index is 12.0. The number of carboxylic acids is 1. The molecule has 0 unspecified atom stereocenters. The molecule has 0 spiro atoms. The molecule has 2 aromatic carbocycles. The Hall–Kier alpha value is -3.47. The molecule has 5 nitrogen and oxygen atoms in total. The van der Waals surface area contributed by atoms with Gasteiger partial charge in [-0.1, -0.05) is 55.0 Å². The second-order valence-corrected chi connectivity index (χ2v) is 6.58. The molecule has 134 valence electrons. The highest BCUT2D eigenvalue weighted by Gasteiger charge is 2.19. The zero-order valence-electron chi connectivity index (χ0n) is 15.2. The standard InChI is InChI=1S/C22H19N3O2/c1-3-14-7-9-15(10-8-14)20-19-17(22(26)27)12-18(23-21(19)25-24-20)16-6-4-5-13(2)11-16/h4-12H,3H2,1-2H3,(H,26,27)(H,23,24,25). The largest absolute Gasteiger partial charge is 0.478 e. The molecule has 2 aromatic heterocycles. The second-order valence-electron chi connectivity index (χ2n) is 6.58. The molecular formula is C22H19N3O2. The van der Waals surface area contributed by atoms with E-state index in [1.165, 1.54) is 5.56 Å². The number of carboxylic acid groups (broad SMARTS) is 1. The summed E-state index contributed by atoms with van der Waals surface area (Å²) >= 11 is 0. The Balaban J connectivity index is 1.92. The highest BCUT2D eigenvalue weighted by molar-refractivity contribution is 6.08. The molecule has 0 saturated heterocycles. The van der Waals surface area contributed by atoms with Crippen molar-refractivity contribution in [2.75, 3.05) is 0 Å². The summed E-state index contributed by atoms with van der Waals surface area (Å²) in [5.41, 5.74) is 5.95. The van der Waals surface area contributed by atoms with E-state index in [1.54, 1.807) is 6.07 Å². The summed E-state index contributed by atoms with van der Waals surface area (Å²) in [5, 5.41) is 17.6. The van der Waals surface area contributed by atoms with Gasteiger partial charge in [0.2, 0.25) is 0 Å². The molecule has 4 aromatic rings. The van der Waals surface area contributed by atoms with E-state index in [-0.39, 0.29) is 5.56 Å². The fourth-order valence-corrected chi connectivity index (χ4v) is 3.26. The Labute approximate surface area is 156 Å². The third-order valence-corrected chi connectivity index (χ3v) is 4.72. The van der Waals surface area contributed by atoms with Crippen molar-refractivity contribution in [1.29, 1.82) is 0 Å². The number of hydrogen-bond acceptors (Lipinski definition) is 3. The highest BCUT2D eigenvalue weighted by Crippen LogP contribution is 2.31. The van der Waals surface area contributed by atoms with Gasteiger partial charge >= 0.3 is 5.97 Å². The van der Waals surface area contributed by atoms with Crippen LogP contribution in [0.2, 0.25) is 0 Å². The van der Waals surface area contributed by atoms with E-state index in [9.17, 15) is 9.90 Å². The summed E-state index contributed by atoms with van der Waals surface area (Å²) in [7, 11) is 0. The number of hydrogen-bond donors (Lipinski definition) is 2. The molecule has 0 amide bonds. The Morgan fingerprint density at radius 3 is 2.52 bits per heavy atom. The minimum Gasteiger partial charge on any atom is -0.478 e. The molecule has 0 saturated carbocycles. The monoisotopic (exact) mass is 357 g/mol. The normalized spacial score (nSPS) is 11.0. The van der Waals surface area contributed by atoms with Crippen LogP contribution in [0.5, 0.6) is 0 Å². The molecule has 4 rings (SSSR count). The molecule has 2 N–H and O–H groups in total. The molecule has 0 aliphatic heterocycles. The Morgan fingerprint density at radius 2 is 1.85 bits per heavy atom. The Morgan fingerprint density at radius 1 is 1.07 bits per heavy atom. The van der Waals surface area contributed by atoms with Crippen molar-refractivity contribution in [1.82, 2.24) is 15.2 Å². The molecule has 2 heterocycles. The third-order valence-electron chi connectivity index (χ3n) is 4.72. The van der Waals surface area contributed by atoms with Gasteiger partial charge in [-0.05, 0) is 31.0 Å². The van der Waals surface area contributed by atoms with Crippen LogP contribution in [0.1, 0.15) is 28.4 Å². The van der Waals surface area contributed by atoms with E-state index in [0.717, 1.165) is 23.1 Å². The predicted molar refractivity (Wildman–Crippen MR) is 106 cm³/mol. The summed E-state index contributed by atoms with van der Waals surface area (Å²) in [5.74, 6) is -0.996. The number of aryl methyl sites for hydroxylation is 2. The summed E-state index contributed by atoms with van der Waals surface area (Å²) in [6, 6.07) is 17.5. The maximum absolute atomic E-state index is 12.0. The number of carbonyl (C=O) groups is 1. The van der Waals surface area contributed by atoms with Gasteiger partial charge in [0.05, 0.1) is 22.3 Å². The number of aromatic amines is 1. The lowest BCUT2D eigenvalue weighted by Gasteiger charge is -2.07. The Bertz CT molecular complexity index is 1140. The number of fused-ring (bicyclic) bond motifs is 1. The number of pyridine rings is 1. The number of aromatic nitrogens is 3. The van der Waals surface area contributed by atoms with Crippen molar-refractivity contribution in [2.45, 2.75) is 20.3 Å². The fourth-order valence-electron chi connectivity index (χ4n) is 3.26. The number of H-pyrrole nitrogens is 1. The van der Waals surface area contributed by atoms with E-state index in [2.05, 4.69) is 22.1 Å². The lowest BCUT2D eigenvalue weighted by Crippen LogP contribution is -2.00. The van der Waals surface area contributed by atoms with Crippen LogP contribution in [0.25, 0.3) is 33.5 Å². The van der Waals surface area contributed by atoms with Gasteiger partial charge in [0.15, 0.2) is 5.65 Å². The van der Waals surface area contributed by atoms with Gasteiger partial charge in [0, 0.05) is 11.1 Å². The van der Waals surface area contributed by atoms with Gasteiger partial charge < -0.3 is 5.11 Å². The van der Waals surface area contributed by atoms with Crippen LogP contribution in [0, 0.1) is 6.92 Å². The van der Waals surface area contributed by atoms with E-state index in [0.29, 0.717) is 22.4 Å². The molecule has 0 radical (unpaired) electrons. The lowest BCUT2D eigenvalue weighted by molar-refractivity contribution is 0.0699. The SMILES string of the molecule is CCc1ccc(-c2[nH]nc3nc(-c4cccc(C)c4)cc(C(=O)O)c23)cc1. The van der Waals surface area contributed by atoms with Crippen LogP contribution >= 0.6 is 0 Å². The Kier molecular flexibility index (Phi) is 4.20. The minimum atomic E-state index is -0.996. The molecule has 27 heavy (non-hydrogen) atoms. The molecule has 0 aliphatic carbocycles. The quantitative estimate of drug-likeness (QED) is 0.547. The first-order valence-electron chi connectivity index (χ1n) is 8.85. The zero-order valence-corrected chi connectivity index (χ0v) is 15.2. The number of rotatable bonds is 4. The molecule has 0 fully saturated rings. The zero-order chi connectivity index (χ0) is 19.0. The number of nitrogens with zero attached hydrogens (tertiary/aromatic N) is 2. The first kappa shape index (κ1) is 17.0. The van der Waals surface area contributed by atoms with Gasteiger partial charge in [0.25, 0.3) is 0 Å². The summed E-state index contributed by atoms with van der Waals surface area (Å²) in [6.07, 6.45) is 0.950. The summed E-state index contributed by atoms with van der Waals surface area (Å²) in [6.45, 7) is 4.09. The highest BCUT2D eigenvalue weighted by atomic mass is 16.4. The van der Waals surface area contributed by atoms with Crippen LogP contribution in [0.3, 0.4) is 0 Å². The van der Waals surface area contributed by atoms with Crippen LogP contribution in [0.4, 0.5) is 0 Å². The van der Waals surface area contributed by atoms with Crippen LogP contribution < -0.4 is 0 Å². The molecule has 0 atom stereocenters. The van der Waals surface area contributed by atoms with Crippen molar-refractivity contribution < 1.29 is 9.90 Å². The number of benzene rings is 2. The van der Waals surface area contributed by atoms with E-state index < -0.39 is 5.97 Å². The van der Waals surface area contributed by atoms with Crippen LogP contribution in [-0.4, -0.2) is 26.3 Å². The van der Waals surface area contributed by atoms with Gasteiger partial charge in [0.1, 0.15) is 0 Å². The van der Waals surface area contributed by atoms with Gasteiger partial charge in [-0.15, -0.1) is 0 Å². The van der Waals surface area contributed by atoms with Crippen molar-refractivity contribution >= 4 is 17.0 Å². The first-order valence-corrected chi connectivity index (χ1v) is 8.85. The van der Waals surface area contributed by atoms with Gasteiger partial charge in [-0.25, -0.2) is 9.78 Å². The predicted octanol–water partition coefficient (Wildman–Crippen LogP) is 4.86. The topological polar surface area (TPSA) is 78.9 Å². The average molecular weight is 357 g/mol.